The molecule has 0 amide bonds. The third-order valence-corrected chi connectivity index (χ3v) is 12.4. The molecule has 4 aliphatic carbocycles. The van der Waals surface area contributed by atoms with E-state index in [4.69, 9.17) is 21.3 Å². The van der Waals surface area contributed by atoms with Gasteiger partial charge in [0.1, 0.15) is 29.5 Å². The Bertz CT molecular complexity index is 1720. The molecule has 0 spiro atoms. The predicted octanol–water partition coefficient (Wildman–Crippen LogP) is 4.99. The number of para-hydroxylation sites is 2. The number of carbonyl (C=O) groups is 2. The van der Waals surface area contributed by atoms with E-state index < -0.39 is 29.5 Å². The number of aliphatic hydroxyl groups excluding tert-OH is 2. The molecule has 0 unspecified atom stereocenters. The number of nitrogens with zero attached hydrogens (tertiary/aromatic N) is 2. The number of fused-ring (bicyclic) bond motifs is 7. The number of ketones is 2. The lowest BCUT2D eigenvalue weighted by molar-refractivity contribution is -0.178. The van der Waals surface area contributed by atoms with Crippen molar-refractivity contribution in [2.75, 3.05) is 32.8 Å². The Balaban J connectivity index is 0.000000154. The van der Waals surface area contributed by atoms with Gasteiger partial charge in [0.2, 0.25) is 0 Å². The number of nitrogens with one attached hydrogen (secondary N) is 1. The number of rotatable bonds is 2. The first-order valence-electron chi connectivity index (χ1n) is 17.1. The van der Waals surface area contributed by atoms with E-state index in [-0.39, 0.29) is 29.0 Å². The molecule has 10 heteroatoms. The molecule has 0 radical (unpaired) electrons. The minimum Gasteiger partial charge on any atom is -0.454 e. The van der Waals surface area contributed by atoms with Gasteiger partial charge in [-0.3, -0.25) is 9.59 Å². The van der Waals surface area contributed by atoms with Crippen LogP contribution in [-0.4, -0.2) is 82.1 Å². The topological polar surface area (TPSA) is 132 Å². The Morgan fingerprint density at radius 1 is 1.12 bits per heavy atom. The van der Waals surface area contributed by atoms with E-state index in [9.17, 15) is 24.9 Å². The largest absolute Gasteiger partial charge is 0.454 e. The minimum absolute atomic E-state index is 0.00912. The number of benzene rings is 2. The highest BCUT2D eigenvalue weighted by atomic mass is 35.5. The van der Waals surface area contributed by atoms with Crippen LogP contribution < -0.4 is 10.1 Å². The van der Waals surface area contributed by atoms with Crippen LogP contribution in [0.25, 0.3) is 0 Å². The van der Waals surface area contributed by atoms with Crippen LogP contribution in [-0.2, 0) is 9.59 Å². The second-order valence-corrected chi connectivity index (χ2v) is 15.0. The molecular formula is C38H44ClN3O6. The van der Waals surface area contributed by atoms with E-state index in [1.54, 1.807) is 12.2 Å². The van der Waals surface area contributed by atoms with Crippen molar-refractivity contribution in [2.24, 2.45) is 33.6 Å². The van der Waals surface area contributed by atoms with E-state index in [1.807, 2.05) is 55.5 Å². The summed E-state index contributed by atoms with van der Waals surface area (Å²) in [6, 6.07) is 13.6. The summed E-state index contributed by atoms with van der Waals surface area (Å²) in [4.78, 5) is 31.3. The molecule has 4 N–H and O–H groups in total. The number of aliphatic imine (C=N–C) groups is 1. The lowest BCUT2D eigenvalue weighted by atomic mass is 9.46. The number of aliphatic hydroxyl groups is 3. The molecular weight excluding hydrogens is 630 g/mol. The van der Waals surface area contributed by atoms with Crippen LogP contribution in [0.2, 0.25) is 5.02 Å². The average Bonchev–Trinajstić information content (AvgIpc) is 3.24. The minimum atomic E-state index is -1.56. The van der Waals surface area contributed by atoms with Crippen molar-refractivity contribution in [1.29, 1.82) is 0 Å². The Morgan fingerprint density at radius 3 is 2.67 bits per heavy atom. The molecule has 2 aromatic carbocycles. The molecule has 9 nitrogen and oxygen atoms in total. The van der Waals surface area contributed by atoms with Gasteiger partial charge in [-0.05, 0) is 86.4 Å². The first-order chi connectivity index (χ1) is 23.0. The number of Topliss-reactive ketones (excluding diaryl/α,β-unsaturated/α-hetero) is 1. The summed E-state index contributed by atoms with van der Waals surface area (Å²) in [6.45, 7) is 7.10. The van der Waals surface area contributed by atoms with Crippen LogP contribution in [0.3, 0.4) is 0 Å². The summed E-state index contributed by atoms with van der Waals surface area (Å²) in [7, 11) is 0. The van der Waals surface area contributed by atoms with Gasteiger partial charge in [-0.25, -0.2) is 4.99 Å². The average molecular weight is 674 g/mol. The summed E-state index contributed by atoms with van der Waals surface area (Å²) in [5, 5.41) is 35.7. The lowest BCUT2D eigenvalue weighted by Gasteiger charge is -2.59. The van der Waals surface area contributed by atoms with Crippen molar-refractivity contribution in [1.82, 2.24) is 10.2 Å². The van der Waals surface area contributed by atoms with Crippen LogP contribution in [0.1, 0.15) is 51.5 Å². The number of hydrogen-bond acceptors (Lipinski definition) is 9. The van der Waals surface area contributed by atoms with Crippen LogP contribution >= 0.6 is 11.6 Å². The fourth-order valence-corrected chi connectivity index (χ4v) is 9.90. The van der Waals surface area contributed by atoms with E-state index in [0.29, 0.717) is 17.9 Å². The maximum absolute atomic E-state index is 12.4. The zero-order valence-electron chi connectivity index (χ0n) is 27.5. The van der Waals surface area contributed by atoms with Crippen LogP contribution in [0.4, 0.5) is 5.69 Å². The molecule has 2 heterocycles. The normalized spacial score (nSPS) is 34.8. The van der Waals surface area contributed by atoms with Gasteiger partial charge >= 0.3 is 0 Å². The fraction of sp³-hybridized carbons (Fsp3) is 0.500. The zero-order valence-corrected chi connectivity index (χ0v) is 28.2. The van der Waals surface area contributed by atoms with Crippen molar-refractivity contribution in [3.63, 3.8) is 0 Å². The van der Waals surface area contributed by atoms with Gasteiger partial charge in [0, 0.05) is 47.9 Å². The van der Waals surface area contributed by atoms with Crippen molar-refractivity contribution < 1.29 is 29.6 Å². The Labute approximate surface area is 286 Å². The smallest absolute Gasteiger partial charge is 0.190 e. The molecule has 48 heavy (non-hydrogen) atoms. The first-order valence-corrected chi connectivity index (χ1v) is 17.5. The number of amidine groups is 1. The summed E-state index contributed by atoms with van der Waals surface area (Å²) in [5.41, 5.74) is 0.259. The summed E-state index contributed by atoms with van der Waals surface area (Å²) in [6.07, 6.45) is 7.68. The number of piperazine rings is 1. The van der Waals surface area contributed by atoms with E-state index in [1.165, 1.54) is 0 Å². The zero-order chi connectivity index (χ0) is 33.8. The van der Waals surface area contributed by atoms with Crippen molar-refractivity contribution in [3.8, 4) is 11.5 Å². The molecule has 8 rings (SSSR count). The summed E-state index contributed by atoms with van der Waals surface area (Å²) < 4.78 is 6.06. The summed E-state index contributed by atoms with van der Waals surface area (Å²) in [5.74, 6) is 2.28. The number of allylic oxidation sites excluding steroid dienone is 4. The SMILES string of the molecule is C[C@]12C=CC(=O)C=C1CC[C@@H]1[C@@H]2[C@@H](O)C[C@@]2(C)[C@H]1CC[C@]2(O)C(=O)CO.Clc1ccc2c(c1)C(N1CCNCC1)=Nc1ccccc1O2. The highest BCUT2D eigenvalue weighted by Gasteiger charge is 2.68. The number of ether oxygens (including phenoxy) is 1. The van der Waals surface area contributed by atoms with E-state index >= 15 is 0 Å². The standard InChI is InChI=1S/C21H28O5.C17H16ClN3O/c1-19-7-5-13(23)9-12(19)3-4-14-15-6-8-21(26,17(25)11-22)20(15,2)10-16(24)18(14)19;18-12-5-6-15-13(11-12)17(21-9-7-19-8-10-21)20-14-3-1-2-4-16(14)22-15/h5,7,9,14-16,18,22,24,26H,3-4,6,8,10-11H2,1-2H3;1-6,11,19H,7-10H2/t14-,15-,16-,18+,19-,20-,21-;/m0./s1. The fourth-order valence-electron chi connectivity index (χ4n) is 9.73. The molecule has 4 fully saturated rings. The first kappa shape index (κ1) is 33.2. The van der Waals surface area contributed by atoms with Gasteiger partial charge in [-0.2, -0.15) is 0 Å². The Hall–Kier alpha value is -3.34. The highest BCUT2D eigenvalue weighted by molar-refractivity contribution is 6.31. The molecule has 6 aliphatic rings. The second-order valence-electron chi connectivity index (χ2n) is 14.6. The van der Waals surface area contributed by atoms with E-state index in [2.05, 4.69) is 17.1 Å². The maximum Gasteiger partial charge on any atom is 0.190 e. The van der Waals surface area contributed by atoms with Gasteiger partial charge in [-0.1, -0.05) is 49.2 Å². The van der Waals surface area contributed by atoms with Crippen molar-refractivity contribution >= 4 is 34.7 Å². The van der Waals surface area contributed by atoms with Gasteiger partial charge in [-0.15, -0.1) is 0 Å². The van der Waals surface area contributed by atoms with E-state index in [0.717, 1.165) is 79.6 Å². The number of hydrogen-bond donors (Lipinski definition) is 4. The molecule has 2 aliphatic heterocycles. The Kier molecular flexibility index (Phi) is 8.65. The van der Waals surface area contributed by atoms with Crippen molar-refractivity contribution in [2.45, 2.75) is 57.7 Å². The Morgan fingerprint density at radius 2 is 1.90 bits per heavy atom. The third kappa shape index (κ3) is 5.35. The molecule has 3 saturated carbocycles. The molecule has 1 saturated heterocycles. The maximum atomic E-state index is 12.4. The second kappa shape index (κ2) is 12.5. The monoisotopic (exact) mass is 673 g/mol. The third-order valence-electron chi connectivity index (χ3n) is 12.2. The number of carbonyl (C=O) groups excluding carboxylic acids is 2. The van der Waals surface area contributed by atoms with Crippen LogP contribution in [0, 0.1) is 28.6 Å². The molecule has 2 aromatic rings. The molecule has 7 atom stereocenters. The predicted molar refractivity (Wildman–Crippen MR) is 184 cm³/mol. The van der Waals surface area contributed by atoms with Crippen LogP contribution in [0.15, 0.2) is 71.3 Å². The molecule has 0 bridgehead atoms. The quantitative estimate of drug-likeness (QED) is 0.351. The van der Waals surface area contributed by atoms with Gasteiger partial charge in [0.05, 0.1) is 11.7 Å². The van der Waals surface area contributed by atoms with Crippen LogP contribution in [0.5, 0.6) is 11.5 Å². The summed E-state index contributed by atoms with van der Waals surface area (Å²) >= 11 is 6.20. The van der Waals surface area contributed by atoms with Gasteiger partial charge in [0.15, 0.2) is 17.3 Å². The van der Waals surface area contributed by atoms with Crippen molar-refractivity contribution in [3.05, 3.63) is 76.9 Å². The molecule has 0 aromatic heterocycles. The van der Waals surface area contributed by atoms with Gasteiger partial charge < -0.3 is 30.3 Å². The highest BCUT2D eigenvalue weighted by Crippen LogP contribution is 2.67. The van der Waals surface area contributed by atoms with Gasteiger partial charge in [0.25, 0.3) is 0 Å². The number of halogens is 1. The lowest BCUT2D eigenvalue weighted by Crippen LogP contribution is -2.61. The molecule has 254 valence electrons.